The first-order valence-corrected chi connectivity index (χ1v) is 6.66. The van der Waals surface area contributed by atoms with Crippen molar-refractivity contribution in [1.82, 2.24) is 4.90 Å². The molecule has 1 aliphatic carbocycles. The van der Waals surface area contributed by atoms with Gasteiger partial charge in [0.05, 0.1) is 17.7 Å². The van der Waals surface area contributed by atoms with Crippen LogP contribution in [0.4, 0.5) is 0 Å². The highest BCUT2D eigenvalue weighted by molar-refractivity contribution is 5.94. The van der Waals surface area contributed by atoms with Crippen molar-refractivity contribution in [1.29, 1.82) is 5.26 Å². The van der Waals surface area contributed by atoms with Crippen LogP contribution in [-0.2, 0) is 0 Å². The number of aliphatic hydroxyl groups excluding tert-OH is 1. The second-order valence-corrected chi connectivity index (χ2v) is 5.47. The molecule has 1 amide bonds. The van der Waals surface area contributed by atoms with E-state index in [9.17, 15) is 9.90 Å². The topological polar surface area (TPSA) is 64.3 Å². The fraction of sp³-hybridized carbons (Fsp3) is 0.467. The number of carbonyl (C=O) groups is 1. The van der Waals surface area contributed by atoms with E-state index >= 15 is 0 Å². The number of amides is 1. The van der Waals surface area contributed by atoms with Crippen LogP contribution in [0.3, 0.4) is 0 Å². The van der Waals surface area contributed by atoms with Gasteiger partial charge in [-0.1, -0.05) is 6.07 Å². The molecule has 2 aliphatic rings. The molecule has 1 aromatic carbocycles. The largest absolute Gasteiger partial charge is 0.393 e. The fourth-order valence-electron chi connectivity index (χ4n) is 3.31. The summed E-state index contributed by atoms with van der Waals surface area (Å²) < 4.78 is 0. The molecule has 1 saturated carbocycles. The van der Waals surface area contributed by atoms with E-state index in [2.05, 4.69) is 0 Å². The summed E-state index contributed by atoms with van der Waals surface area (Å²) >= 11 is 0. The average Bonchev–Trinajstić information content (AvgIpc) is 3.01. The first-order valence-electron chi connectivity index (χ1n) is 6.66. The van der Waals surface area contributed by atoms with E-state index in [1.807, 2.05) is 11.0 Å². The lowest BCUT2D eigenvalue weighted by Gasteiger charge is -2.18. The molecule has 0 radical (unpaired) electrons. The highest BCUT2D eigenvalue weighted by atomic mass is 16.3. The van der Waals surface area contributed by atoms with Gasteiger partial charge in [0.2, 0.25) is 0 Å². The lowest BCUT2D eigenvalue weighted by molar-refractivity contribution is 0.0752. The van der Waals surface area contributed by atoms with Crippen LogP contribution in [0.25, 0.3) is 0 Å². The number of hydrogen-bond donors (Lipinski definition) is 1. The van der Waals surface area contributed by atoms with Gasteiger partial charge >= 0.3 is 0 Å². The summed E-state index contributed by atoms with van der Waals surface area (Å²) in [6.07, 6.45) is 1.61. The Morgan fingerprint density at radius 2 is 2.21 bits per heavy atom. The molecule has 0 aromatic heterocycles. The van der Waals surface area contributed by atoms with Crippen molar-refractivity contribution < 1.29 is 9.90 Å². The molecule has 1 aromatic rings. The molecular weight excluding hydrogens is 240 g/mol. The Morgan fingerprint density at radius 3 is 2.95 bits per heavy atom. The van der Waals surface area contributed by atoms with Gasteiger partial charge in [0.15, 0.2) is 0 Å². The molecule has 0 spiro atoms. The summed E-state index contributed by atoms with van der Waals surface area (Å²) in [5.74, 6) is 0.653. The Balaban J connectivity index is 1.77. The molecule has 19 heavy (non-hydrogen) atoms. The molecule has 1 aliphatic heterocycles. The first kappa shape index (κ1) is 12.2. The van der Waals surface area contributed by atoms with Gasteiger partial charge in [0.1, 0.15) is 0 Å². The van der Waals surface area contributed by atoms with Crippen LogP contribution >= 0.6 is 0 Å². The van der Waals surface area contributed by atoms with E-state index in [0.29, 0.717) is 23.6 Å². The second-order valence-electron chi connectivity index (χ2n) is 5.47. The highest BCUT2D eigenvalue weighted by Gasteiger charge is 2.43. The molecule has 3 unspecified atom stereocenters. The summed E-state index contributed by atoms with van der Waals surface area (Å²) in [5, 5.41) is 18.7. The van der Waals surface area contributed by atoms with Gasteiger partial charge in [-0.2, -0.15) is 5.26 Å². The monoisotopic (exact) mass is 256 g/mol. The second kappa shape index (κ2) is 4.67. The van der Waals surface area contributed by atoms with Crippen molar-refractivity contribution in [2.45, 2.75) is 18.9 Å². The lowest BCUT2D eigenvalue weighted by Crippen LogP contribution is -2.31. The minimum Gasteiger partial charge on any atom is -0.393 e. The number of carbonyl (C=O) groups excluding carboxylic acids is 1. The summed E-state index contributed by atoms with van der Waals surface area (Å²) in [4.78, 5) is 14.2. The molecule has 3 atom stereocenters. The van der Waals surface area contributed by atoms with Gasteiger partial charge in [-0.15, -0.1) is 0 Å². The SMILES string of the molecule is N#Cc1cccc(C(=O)N2CC3CCC(O)C3C2)c1. The van der Waals surface area contributed by atoms with Gasteiger partial charge in [-0.25, -0.2) is 0 Å². The van der Waals surface area contributed by atoms with Crippen LogP contribution in [-0.4, -0.2) is 35.1 Å². The molecule has 4 nitrogen and oxygen atoms in total. The Bertz CT molecular complexity index is 549. The van der Waals surface area contributed by atoms with Crippen molar-refractivity contribution in [2.75, 3.05) is 13.1 Å². The van der Waals surface area contributed by atoms with Crippen molar-refractivity contribution in [2.24, 2.45) is 11.8 Å². The minimum absolute atomic E-state index is 0.0290. The Hall–Kier alpha value is -1.86. The maximum atomic E-state index is 12.4. The van der Waals surface area contributed by atoms with Crippen LogP contribution in [0.2, 0.25) is 0 Å². The number of likely N-dealkylation sites (tertiary alicyclic amines) is 1. The highest BCUT2D eigenvalue weighted by Crippen LogP contribution is 2.38. The zero-order valence-corrected chi connectivity index (χ0v) is 10.6. The molecule has 1 saturated heterocycles. The van der Waals surface area contributed by atoms with Crippen LogP contribution < -0.4 is 0 Å². The van der Waals surface area contributed by atoms with E-state index in [1.165, 1.54) is 0 Å². The van der Waals surface area contributed by atoms with Crippen molar-refractivity contribution in [3.63, 3.8) is 0 Å². The van der Waals surface area contributed by atoms with Crippen LogP contribution in [0.15, 0.2) is 24.3 Å². The molecular formula is C15H16N2O2. The zero-order valence-electron chi connectivity index (χ0n) is 10.6. The van der Waals surface area contributed by atoms with Crippen LogP contribution in [0.5, 0.6) is 0 Å². The third kappa shape index (κ3) is 2.11. The predicted octanol–water partition coefficient (Wildman–Crippen LogP) is 1.40. The van der Waals surface area contributed by atoms with Crippen LogP contribution in [0, 0.1) is 23.2 Å². The van der Waals surface area contributed by atoms with Gasteiger partial charge in [0.25, 0.3) is 5.91 Å². The molecule has 1 heterocycles. The Morgan fingerprint density at radius 1 is 1.37 bits per heavy atom. The normalized spacial score (nSPS) is 29.1. The van der Waals surface area contributed by atoms with E-state index in [0.717, 1.165) is 19.4 Å². The van der Waals surface area contributed by atoms with Crippen molar-refractivity contribution in [3.05, 3.63) is 35.4 Å². The van der Waals surface area contributed by atoms with Crippen molar-refractivity contribution >= 4 is 5.91 Å². The third-order valence-electron chi connectivity index (χ3n) is 4.34. The number of hydrogen-bond acceptors (Lipinski definition) is 3. The quantitative estimate of drug-likeness (QED) is 0.826. The zero-order chi connectivity index (χ0) is 13.4. The van der Waals surface area contributed by atoms with Crippen LogP contribution in [0.1, 0.15) is 28.8 Å². The number of benzene rings is 1. The summed E-state index contributed by atoms with van der Waals surface area (Å²) in [6, 6.07) is 8.85. The number of nitriles is 1. The minimum atomic E-state index is -0.256. The van der Waals surface area contributed by atoms with E-state index in [1.54, 1.807) is 24.3 Å². The number of aliphatic hydroxyl groups is 1. The molecule has 0 bridgehead atoms. The summed E-state index contributed by atoms with van der Waals surface area (Å²) in [6.45, 7) is 1.37. The number of fused-ring (bicyclic) bond motifs is 1. The lowest BCUT2D eigenvalue weighted by atomic mass is 10.00. The predicted molar refractivity (Wildman–Crippen MR) is 69.3 cm³/mol. The average molecular weight is 256 g/mol. The van der Waals surface area contributed by atoms with Gasteiger partial charge in [0, 0.05) is 24.6 Å². The van der Waals surface area contributed by atoms with Gasteiger partial charge in [-0.3, -0.25) is 4.79 Å². The molecule has 3 rings (SSSR count). The van der Waals surface area contributed by atoms with Gasteiger partial charge in [-0.05, 0) is 37.0 Å². The van der Waals surface area contributed by atoms with E-state index in [-0.39, 0.29) is 17.9 Å². The van der Waals surface area contributed by atoms with E-state index in [4.69, 9.17) is 5.26 Å². The molecule has 4 heteroatoms. The summed E-state index contributed by atoms with van der Waals surface area (Å²) in [5.41, 5.74) is 1.07. The Kier molecular flexibility index (Phi) is 3.00. The Labute approximate surface area is 112 Å². The molecule has 1 N–H and O–H groups in total. The smallest absolute Gasteiger partial charge is 0.253 e. The summed E-state index contributed by atoms with van der Waals surface area (Å²) in [7, 11) is 0. The van der Waals surface area contributed by atoms with Crippen molar-refractivity contribution in [3.8, 4) is 6.07 Å². The molecule has 98 valence electrons. The maximum absolute atomic E-state index is 12.4. The maximum Gasteiger partial charge on any atom is 0.253 e. The molecule has 2 fully saturated rings. The first-order chi connectivity index (χ1) is 9.19. The fourth-order valence-corrected chi connectivity index (χ4v) is 3.31. The number of nitrogens with zero attached hydrogens (tertiary/aromatic N) is 2. The number of rotatable bonds is 1. The van der Waals surface area contributed by atoms with E-state index < -0.39 is 0 Å². The van der Waals surface area contributed by atoms with Gasteiger partial charge < -0.3 is 10.0 Å². The third-order valence-corrected chi connectivity index (χ3v) is 4.34. The standard InChI is InChI=1S/C15H16N2O2/c16-7-10-2-1-3-11(6-10)15(19)17-8-12-4-5-14(18)13(12)9-17/h1-3,6,12-14,18H,4-5,8-9H2.